The minimum atomic E-state index is -0.317. The Labute approximate surface area is 137 Å². The van der Waals surface area contributed by atoms with Crippen molar-refractivity contribution in [3.05, 3.63) is 71.8 Å². The SMILES string of the molecule is CC(=O)OC1COC(Cc2ccccc2)(Cc2ccccc2)C1. The van der Waals surface area contributed by atoms with E-state index in [2.05, 4.69) is 24.3 Å². The van der Waals surface area contributed by atoms with Crippen LogP contribution >= 0.6 is 0 Å². The summed E-state index contributed by atoms with van der Waals surface area (Å²) in [5.74, 6) is -0.242. The third-order valence-corrected chi connectivity index (χ3v) is 4.25. The second-order valence-corrected chi connectivity index (χ2v) is 6.25. The van der Waals surface area contributed by atoms with Crippen LogP contribution in [0.3, 0.4) is 0 Å². The fraction of sp³-hybridized carbons (Fsp3) is 0.350. The zero-order valence-electron chi connectivity index (χ0n) is 13.4. The second-order valence-electron chi connectivity index (χ2n) is 6.25. The molecule has 0 amide bonds. The van der Waals surface area contributed by atoms with Gasteiger partial charge in [0.05, 0.1) is 12.2 Å². The summed E-state index contributed by atoms with van der Waals surface area (Å²) in [5, 5.41) is 0. The summed E-state index contributed by atoms with van der Waals surface area (Å²) in [6.45, 7) is 1.92. The van der Waals surface area contributed by atoms with Gasteiger partial charge in [-0.2, -0.15) is 0 Å². The van der Waals surface area contributed by atoms with E-state index in [1.54, 1.807) is 0 Å². The van der Waals surface area contributed by atoms with Crippen molar-refractivity contribution < 1.29 is 14.3 Å². The summed E-state index contributed by atoms with van der Waals surface area (Å²) >= 11 is 0. The van der Waals surface area contributed by atoms with E-state index in [1.807, 2.05) is 36.4 Å². The molecule has 1 aliphatic rings. The van der Waals surface area contributed by atoms with Gasteiger partial charge in [0.15, 0.2) is 0 Å². The molecule has 3 heteroatoms. The van der Waals surface area contributed by atoms with Gasteiger partial charge in [0, 0.05) is 26.2 Å². The number of esters is 1. The highest BCUT2D eigenvalue weighted by atomic mass is 16.6. The lowest BCUT2D eigenvalue weighted by Gasteiger charge is -2.29. The number of hydrogen-bond acceptors (Lipinski definition) is 3. The van der Waals surface area contributed by atoms with Crippen LogP contribution in [0.1, 0.15) is 24.5 Å². The van der Waals surface area contributed by atoms with E-state index in [9.17, 15) is 4.79 Å². The molecule has 0 radical (unpaired) electrons. The van der Waals surface area contributed by atoms with Crippen LogP contribution in [0.5, 0.6) is 0 Å². The van der Waals surface area contributed by atoms with Crippen molar-refractivity contribution in [1.29, 1.82) is 0 Å². The molecular formula is C20H22O3. The van der Waals surface area contributed by atoms with Gasteiger partial charge in [0.25, 0.3) is 0 Å². The summed E-state index contributed by atoms with van der Waals surface area (Å²) in [5.41, 5.74) is 2.17. The molecule has 3 nitrogen and oxygen atoms in total. The monoisotopic (exact) mass is 310 g/mol. The van der Waals surface area contributed by atoms with Gasteiger partial charge >= 0.3 is 5.97 Å². The number of carbonyl (C=O) groups is 1. The van der Waals surface area contributed by atoms with Gasteiger partial charge in [-0.15, -0.1) is 0 Å². The van der Waals surface area contributed by atoms with Crippen LogP contribution in [0.2, 0.25) is 0 Å². The summed E-state index contributed by atoms with van der Waals surface area (Å²) in [4.78, 5) is 11.2. The average Bonchev–Trinajstić information content (AvgIpc) is 2.91. The van der Waals surface area contributed by atoms with Gasteiger partial charge in [-0.05, 0) is 11.1 Å². The predicted molar refractivity (Wildman–Crippen MR) is 89.1 cm³/mol. The van der Waals surface area contributed by atoms with Crippen molar-refractivity contribution in [2.45, 2.75) is 37.9 Å². The molecule has 0 aliphatic carbocycles. The van der Waals surface area contributed by atoms with E-state index in [4.69, 9.17) is 9.47 Å². The van der Waals surface area contributed by atoms with E-state index in [1.165, 1.54) is 18.1 Å². The summed E-state index contributed by atoms with van der Waals surface area (Å²) in [6, 6.07) is 20.7. The average molecular weight is 310 g/mol. The van der Waals surface area contributed by atoms with Crippen LogP contribution < -0.4 is 0 Å². The van der Waals surface area contributed by atoms with E-state index < -0.39 is 0 Å². The molecule has 120 valence electrons. The molecule has 1 heterocycles. The number of ether oxygens (including phenoxy) is 2. The normalized spacial score (nSPS) is 19.4. The third kappa shape index (κ3) is 4.20. The molecule has 2 aromatic carbocycles. The first-order valence-electron chi connectivity index (χ1n) is 8.04. The first-order valence-corrected chi connectivity index (χ1v) is 8.04. The maximum atomic E-state index is 11.2. The maximum Gasteiger partial charge on any atom is 0.302 e. The largest absolute Gasteiger partial charge is 0.460 e. The predicted octanol–water partition coefficient (Wildman–Crippen LogP) is 3.56. The first kappa shape index (κ1) is 15.8. The van der Waals surface area contributed by atoms with Gasteiger partial charge in [0.2, 0.25) is 0 Å². The van der Waals surface area contributed by atoms with E-state index in [0.717, 1.165) is 19.3 Å². The van der Waals surface area contributed by atoms with E-state index in [0.29, 0.717) is 6.61 Å². The maximum absolute atomic E-state index is 11.2. The van der Waals surface area contributed by atoms with E-state index in [-0.39, 0.29) is 17.7 Å². The van der Waals surface area contributed by atoms with Crippen LogP contribution in [-0.4, -0.2) is 24.3 Å². The lowest BCUT2D eigenvalue weighted by molar-refractivity contribution is -0.146. The molecule has 1 unspecified atom stereocenters. The highest BCUT2D eigenvalue weighted by Crippen LogP contribution is 2.34. The van der Waals surface area contributed by atoms with Gasteiger partial charge in [-0.25, -0.2) is 0 Å². The highest BCUT2D eigenvalue weighted by molar-refractivity contribution is 5.66. The summed E-state index contributed by atoms with van der Waals surface area (Å²) in [6.07, 6.45) is 2.22. The molecular weight excluding hydrogens is 288 g/mol. The van der Waals surface area contributed by atoms with Crippen LogP contribution in [-0.2, 0) is 27.1 Å². The Balaban J connectivity index is 1.80. The van der Waals surface area contributed by atoms with Gasteiger partial charge in [0.1, 0.15) is 6.10 Å². The highest BCUT2D eigenvalue weighted by Gasteiger charge is 2.42. The molecule has 0 spiro atoms. The zero-order chi connectivity index (χ0) is 16.1. The quantitative estimate of drug-likeness (QED) is 0.792. The minimum Gasteiger partial charge on any atom is -0.460 e. The Kier molecular flexibility index (Phi) is 4.77. The summed E-state index contributed by atoms with van der Waals surface area (Å²) in [7, 11) is 0. The molecule has 2 aromatic rings. The number of rotatable bonds is 5. The van der Waals surface area contributed by atoms with Crippen molar-refractivity contribution in [3.63, 3.8) is 0 Å². The Hall–Kier alpha value is -2.13. The molecule has 0 saturated carbocycles. The lowest BCUT2D eigenvalue weighted by Crippen LogP contribution is -2.34. The molecule has 1 atom stereocenters. The van der Waals surface area contributed by atoms with Crippen molar-refractivity contribution in [1.82, 2.24) is 0 Å². The van der Waals surface area contributed by atoms with Crippen LogP contribution in [0.25, 0.3) is 0 Å². The fourth-order valence-corrected chi connectivity index (χ4v) is 3.36. The van der Waals surface area contributed by atoms with Gasteiger partial charge in [-0.3, -0.25) is 4.79 Å². The van der Waals surface area contributed by atoms with Crippen LogP contribution in [0.4, 0.5) is 0 Å². The van der Waals surface area contributed by atoms with E-state index >= 15 is 0 Å². The molecule has 0 bridgehead atoms. The number of hydrogen-bond donors (Lipinski definition) is 0. The molecule has 0 N–H and O–H groups in total. The van der Waals surface area contributed by atoms with Crippen molar-refractivity contribution >= 4 is 5.97 Å². The topological polar surface area (TPSA) is 35.5 Å². The summed E-state index contributed by atoms with van der Waals surface area (Å²) < 4.78 is 11.6. The Morgan fingerprint density at radius 2 is 1.57 bits per heavy atom. The van der Waals surface area contributed by atoms with Crippen molar-refractivity contribution in [2.75, 3.05) is 6.61 Å². The van der Waals surface area contributed by atoms with Crippen LogP contribution in [0.15, 0.2) is 60.7 Å². The zero-order valence-corrected chi connectivity index (χ0v) is 13.4. The second kappa shape index (κ2) is 6.97. The molecule has 23 heavy (non-hydrogen) atoms. The Bertz CT molecular complexity index is 595. The fourth-order valence-electron chi connectivity index (χ4n) is 3.36. The third-order valence-electron chi connectivity index (χ3n) is 4.25. The molecule has 1 saturated heterocycles. The Morgan fingerprint density at radius 3 is 2.04 bits per heavy atom. The molecule has 3 rings (SSSR count). The van der Waals surface area contributed by atoms with Crippen molar-refractivity contribution in [2.24, 2.45) is 0 Å². The lowest BCUT2D eigenvalue weighted by atomic mass is 9.85. The Morgan fingerprint density at radius 1 is 1.04 bits per heavy atom. The molecule has 1 fully saturated rings. The molecule has 1 aliphatic heterocycles. The van der Waals surface area contributed by atoms with Crippen LogP contribution in [0, 0.1) is 0 Å². The number of benzene rings is 2. The smallest absolute Gasteiger partial charge is 0.302 e. The standard InChI is InChI=1S/C20H22O3/c1-16(21)23-19-14-20(22-15-19,12-17-8-4-2-5-9-17)13-18-10-6-3-7-11-18/h2-11,19H,12-15H2,1H3. The number of carbonyl (C=O) groups excluding carboxylic acids is 1. The first-order chi connectivity index (χ1) is 11.2. The van der Waals surface area contributed by atoms with Gasteiger partial charge < -0.3 is 9.47 Å². The van der Waals surface area contributed by atoms with Crippen molar-refractivity contribution in [3.8, 4) is 0 Å². The molecule has 0 aromatic heterocycles. The minimum absolute atomic E-state index is 0.153. The van der Waals surface area contributed by atoms with Gasteiger partial charge in [-0.1, -0.05) is 60.7 Å².